The second-order valence-electron chi connectivity index (χ2n) is 5.58. The highest BCUT2D eigenvalue weighted by atomic mass is 32.1. The summed E-state index contributed by atoms with van der Waals surface area (Å²) < 4.78 is 12.0. The molecule has 0 radical (unpaired) electrons. The van der Waals surface area contributed by atoms with Crippen molar-refractivity contribution in [2.75, 3.05) is 19.8 Å². The van der Waals surface area contributed by atoms with E-state index in [1.54, 1.807) is 11.3 Å². The fraction of sp³-hybridized carbons (Fsp3) is 0.692. The summed E-state index contributed by atoms with van der Waals surface area (Å²) in [7, 11) is 0. The molecule has 1 aromatic rings. The van der Waals surface area contributed by atoms with E-state index in [1.807, 2.05) is 0 Å². The van der Waals surface area contributed by atoms with Gasteiger partial charge in [-0.2, -0.15) is 11.3 Å². The molecule has 2 saturated heterocycles. The molecule has 2 aliphatic rings. The molecule has 0 aromatic carbocycles. The van der Waals surface area contributed by atoms with Gasteiger partial charge >= 0.3 is 0 Å². The summed E-state index contributed by atoms with van der Waals surface area (Å²) in [5, 5.41) is 7.93. The van der Waals surface area contributed by atoms with Gasteiger partial charge in [0.05, 0.1) is 24.9 Å². The Labute approximate surface area is 106 Å². The third-order valence-corrected chi connectivity index (χ3v) is 4.38. The van der Waals surface area contributed by atoms with Crippen molar-refractivity contribution < 1.29 is 9.47 Å². The molecular weight excluding hydrogens is 234 g/mol. The van der Waals surface area contributed by atoms with Gasteiger partial charge < -0.3 is 14.8 Å². The average molecular weight is 253 g/mol. The molecule has 3 heterocycles. The van der Waals surface area contributed by atoms with E-state index in [2.05, 4.69) is 36.0 Å². The van der Waals surface area contributed by atoms with Crippen LogP contribution in [0.5, 0.6) is 0 Å². The summed E-state index contributed by atoms with van der Waals surface area (Å²) in [5.41, 5.74) is 1.08. The molecule has 2 unspecified atom stereocenters. The van der Waals surface area contributed by atoms with Gasteiger partial charge in [0, 0.05) is 13.0 Å². The molecule has 0 aliphatic carbocycles. The number of nitrogens with one attached hydrogen (secondary N) is 1. The Kier molecular flexibility index (Phi) is 2.78. The molecule has 94 valence electrons. The number of thiophene rings is 1. The van der Waals surface area contributed by atoms with Crippen molar-refractivity contribution in [3.8, 4) is 0 Å². The first-order valence-corrected chi connectivity index (χ1v) is 7.09. The predicted octanol–water partition coefficient (Wildman–Crippen LogP) is 2.35. The van der Waals surface area contributed by atoms with Crippen LogP contribution in [-0.2, 0) is 9.47 Å². The van der Waals surface area contributed by atoms with Crippen LogP contribution in [0.4, 0.5) is 0 Å². The van der Waals surface area contributed by atoms with E-state index < -0.39 is 0 Å². The van der Waals surface area contributed by atoms with Crippen LogP contribution in [-0.4, -0.2) is 31.0 Å². The third-order valence-electron chi connectivity index (χ3n) is 3.67. The zero-order chi connectivity index (χ0) is 11.9. The first-order chi connectivity index (χ1) is 8.11. The molecule has 2 atom stereocenters. The SMILES string of the molecule is CC1(C)CC2(CO1)OCCNC2c1ccsc1. The molecule has 17 heavy (non-hydrogen) atoms. The number of hydrogen-bond acceptors (Lipinski definition) is 4. The highest BCUT2D eigenvalue weighted by Gasteiger charge is 2.52. The molecule has 0 amide bonds. The summed E-state index contributed by atoms with van der Waals surface area (Å²) in [6.45, 7) is 6.67. The van der Waals surface area contributed by atoms with Crippen molar-refractivity contribution in [3.05, 3.63) is 22.4 Å². The van der Waals surface area contributed by atoms with E-state index >= 15 is 0 Å². The van der Waals surface area contributed by atoms with Crippen LogP contribution in [0.25, 0.3) is 0 Å². The maximum absolute atomic E-state index is 6.12. The van der Waals surface area contributed by atoms with Crippen LogP contribution < -0.4 is 5.32 Å². The Morgan fingerprint density at radius 3 is 2.94 bits per heavy atom. The molecule has 2 aliphatic heterocycles. The van der Waals surface area contributed by atoms with Crippen molar-refractivity contribution >= 4 is 11.3 Å². The Morgan fingerprint density at radius 1 is 1.41 bits per heavy atom. The summed E-state index contributed by atoms with van der Waals surface area (Å²) in [6.07, 6.45) is 0.952. The highest BCUT2D eigenvalue weighted by Crippen LogP contribution is 2.44. The lowest BCUT2D eigenvalue weighted by Gasteiger charge is -2.41. The van der Waals surface area contributed by atoms with Crippen LogP contribution in [0.15, 0.2) is 16.8 Å². The molecule has 2 fully saturated rings. The van der Waals surface area contributed by atoms with Crippen LogP contribution in [0, 0.1) is 0 Å². The fourth-order valence-corrected chi connectivity index (χ4v) is 3.69. The predicted molar refractivity (Wildman–Crippen MR) is 68.4 cm³/mol. The van der Waals surface area contributed by atoms with Gasteiger partial charge in [-0.3, -0.25) is 0 Å². The second-order valence-corrected chi connectivity index (χ2v) is 6.36. The van der Waals surface area contributed by atoms with Crippen LogP contribution in [0.2, 0.25) is 0 Å². The van der Waals surface area contributed by atoms with E-state index in [9.17, 15) is 0 Å². The minimum atomic E-state index is -0.178. The van der Waals surface area contributed by atoms with Crippen molar-refractivity contribution in [1.29, 1.82) is 0 Å². The minimum Gasteiger partial charge on any atom is -0.372 e. The highest BCUT2D eigenvalue weighted by molar-refractivity contribution is 7.07. The van der Waals surface area contributed by atoms with Gasteiger partial charge in [-0.1, -0.05) is 0 Å². The topological polar surface area (TPSA) is 30.5 Å². The normalized spacial score (nSPS) is 36.5. The van der Waals surface area contributed by atoms with E-state index in [-0.39, 0.29) is 17.2 Å². The Morgan fingerprint density at radius 2 is 2.29 bits per heavy atom. The standard InChI is InChI=1S/C13H19NO2S/c1-12(2)8-13(9-16-12)11(14-4-5-15-13)10-3-6-17-7-10/h3,6-7,11,14H,4-5,8-9H2,1-2H3. The summed E-state index contributed by atoms with van der Waals surface area (Å²) in [4.78, 5) is 0. The Balaban J connectivity index is 1.91. The lowest BCUT2D eigenvalue weighted by atomic mass is 9.83. The molecule has 0 saturated carbocycles. The van der Waals surface area contributed by atoms with Crippen LogP contribution in [0.1, 0.15) is 31.9 Å². The fourth-order valence-electron chi connectivity index (χ4n) is 3.01. The summed E-state index contributed by atoms with van der Waals surface area (Å²) >= 11 is 1.74. The minimum absolute atomic E-state index is 0.0761. The molecule has 0 bridgehead atoms. The Bertz CT molecular complexity index is 390. The smallest absolute Gasteiger partial charge is 0.114 e. The molecule has 1 aromatic heterocycles. The number of morpholine rings is 1. The van der Waals surface area contributed by atoms with Gasteiger partial charge in [-0.25, -0.2) is 0 Å². The molecule has 4 heteroatoms. The van der Waals surface area contributed by atoms with E-state index in [4.69, 9.17) is 9.47 Å². The van der Waals surface area contributed by atoms with Gasteiger partial charge in [0.25, 0.3) is 0 Å². The lowest BCUT2D eigenvalue weighted by Crippen LogP contribution is -2.53. The molecule has 1 N–H and O–H groups in total. The molecule has 3 nitrogen and oxygen atoms in total. The van der Waals surface area contributed by atoms with Crippen molar-refractivity contribution in [1.82, 2.24) is 5.32 Å². The van der Waals surface area contributed by atoms with E-state index in [1.165, 1.54) is 5.56 Å². The summed E-state index contributed by atoms with van der Waals surface area (Å²) in [6, 6.07) is 2.45. The van der Waals surface area contributed by atoms with Gasteiger partial charge in [-0.05, 0) is 36.2 Å². The van der Waals surface area contributed by atoms with Gasteiger partial charge in [0.15, 0.2) is 0 Å². The van der Waals surface area contributed by atoms with E-state index in [0.29, 0.717) is 6.61 Å². The third kappa shape index (κ3) is 2.03. The van der Waals surface area contributed by atoms with Gasteiger partial charge in [-0.15, -0.1) is 0 Å². The Hall–Kier alpha value is -0.420. The maximum atomic E-state index is 6.12. The number of rotatable bonds is 1. The van der Waals surface area contributed by atoms with Crippen LogP contribution in [0.3, 0.4) is 0 Å². The first-order valence-electron chi connectivity index (χ1n) is 6.15. The van der Waals surface area contributed by atoms with Crippen molar-refractivity contribution in [2.24, 2.45) is 0 Å². The first kappa shape index (κ1) is 11.7. The number of ether oxygens (including phenoxy) is 2. The molecular formula is C13H19NO2S. The van der Waals surface area contributed by atoms with Crippen molar-refractivity contribution in [2.45, 2.75) is 37.5 Å². The monoisotopic (exact) mass is 253 g/mol. The number of hydrogen-bond donors (Lipinski definition) is 1. The van der Waals surface area contributed by atoms with Gasteiger partial charge in [0.2, 0.25) is 0 Å². The maximum Gasteiger partial charge on any atom is 0.114 e. The van der Waals surface area contributed by atoms with E-state index in [0.717, 1.165) is 19.6 Å². The lowest BCUT2D eigenvalue weighted by molar-refractivity contribution is -0.0992. The summed E-state index contributed by atoms with van der Waals surface area (Å²) in [5.74, 6) is 0. The molecule has 3 rings (SSSR count). The molecule has 1 spiro atoms. The van der Waals surface area contributed by atoms with Crippen molar-refractivity contribution in [3.63, 3.8) is 0 Å². The van der Waals surface area contributed by atoms with Crippen LogP contribution >= 0.6 is 11.3 Å². The quantitative estimate of drug-likeness (QED) is 0.833. The zero-order valence-electron chi connectivity index (χ0n) is 10.4. The largest absolute Gasteiger partial charge is 0.372 e. The second kappa shape index (κ2) is 4.05. The zero-order valence-corrected chi connectivity index (χ0v) is 11.2. The average Bonchev–Trinajstić information content (AvgIpc) is 2.88. The van der Waals surface area contributed by atoms with Gasteiger partial charge in [0.1, 0.15) is 5.60 Å².